The minimum absolute atomic E-state index is 0.00406. The number of unbranched alkanes of at least 4 members (excludes halogenated alkanes) is 2. The van der Waals surface area contributed by atoms with Crippen LogP contribution in [0.25, 0.3) is 11.1 Å². The summed E-state index contributed by atoms with van der Waals surface area (Å²) >= 11 is 0. The van der Waals surface area contributed by atoms with Crippen LogP contribution in [-0.4, -0.2) is 16.2 Å². The Morgan fingerprint density at radius 1 is 1.07 bits per heavy atom. The van der Waals surface area contributed by atoms with Gasteiger partial charge in [-0.1, -0.05) is 71.2 Å². The number of hydrogen-bond donors (Lipinski definition) is 2. The number of aryl methyl sites for hydroxylation is 2. The zero-order valence-electron chi connectivity index (χ0n) is 19.8. The molecule has 2 aromatic carbocycles. The monoisotopic (exact) mass is 414 g/mol. The molecule has 1 aliphatic rings. The number of rotatable bonds is 5. The summed E-state index contributed by atoms with van der Waals surface area (Å²) in [4.78, 5) is 11.9. The van der Waals surface area contributed by atoms with E-state index < -0.39 is 11.6 Å². The molecule has 0 radical (unpaired) electrons. The lowest BCUT2D eigenvalue weighted by Gasteiger charge is -2.36. The highest BCUT2D eigenvalue weighted by molar-refractivity contribution is 5.98. The van der Waals surface area contributed by atoms with Gasteiger partial charge in [-0.25, -0.2) is 4.79 Å². The number of benzene rings is 2. The van der Waals surface area contributed by atoms with E-state index in [-0.39, 0.29) is 11.3 Å². The Morgan fingerprint density at radius 2 is 1.70 bits per heavy atom. The molecule has 0 unspecified atom stereocenters. The molecule has 0 saturated heterocycles. The standard InChI is InChI=1S/C22H26O4.2C2H6/c1-5-6-7-8-14-12-17-19(20(23)18(14)21(24)25)15-11-13(2)9-10-16(15)22(3,4)26-17;2*1-2/h9-12,23H,5-8H2,1-4H3,(H,24,25);2*1-2H3. The summed E-state index contributed by atoms with van der Waals surface area (Å²) in [5, 5.41) is 20.6. The van der Waals surface area contributed by atoms with Crippen LogP contribution >= 0.6 is 0 Å². The van der Waals surface area contributed by atoms with Gasteiger partial charge in [-0.05, 0) is 50.8 Å². The van der Waals surface area contributed by atoms with E-state index in [1.807, 2.05) is 66.7 Å². The first-order valence-corrected chi connectivity index (χ1v) is 11.2. The van der Waals surface area contributed by atoms with Crippen molar-refractivity contribution in [1.82, 2.24) is 0 Å². The van der Waals surface area contributed by atoms with Crippen LogP contribution in [0.2, 0.25) is 0 Å². The van der Waals surface area contributed by atoms with Gasteiger partial charge in [-0.3, -0.25) is 0 Å². The first-order valence-electron chi connectivity index (χ1n) is 11.2. The summed E-state index contributed by atoms with van der Waals surface area (Å²) in [7, 11) is 0. The van der Waals surface area contributed by atoms with Crippen LogP contribution in [-0.2, 0) is 12.0 Å². The quantitative estimate of drug-likeness (QED) is 0.498. The van der Waals surface area contributed by atoms with Crippen LogP contribution in [0.4, 0.5) is 0 Å². The molecule has 4 heteroatoms. The van der Waals surface area contributed by atoms with Crippen molar-refractivity contribution in [3.8, 4) is 22.6 Å². The molecule has 0 amide bonds. The second kappa shape index (κ2) is 11.1. The van der Waals surface area contributed by atoms with E-state index in [0.29, 0.717) is 23.3 Å². The average Bonchev–Trinajstić information content (AvgIpc) is 2.70. The lowest BCUT2D eigenvalue weighted by atomic mass is 9.83. The van der Waals surface area contributed by atoms with Gasteiger partial charge in [0.2, 0.25) is 0 Å². The van der Waals surface area contributed by atoms with Crippen molar-refractivity contribution >= 4 is 5.97 Å². The van der Waals surface area contributed by atoms with Crippen LogP contribution in [0.3, 0.4) is 0 Å². The molecule has 0 atom stereocenters. The average molecular weight is 415 g/mol. The van der Waals surface area contributed by atoms with Crippen LogP contribution in [0.1, 0.15) is 94.8 Å². The van der Waals surface area contributed by atoms with Crippen molar-refractivity contribution < 1.29 is 19.7 Å². The third-order valence-corrected chi connectivity index (χ3v) is 5.07. The maximum atomic E-state index is 11.9. The fourth-order valence-electron chi connectivity index (χ4n) is 3.76. The topological polar surface area (TPSA) is 66.8 Å². The molecule has 0 spiro atoms. The van der Waals surface area contributed by atoms with Crippen molar-refractivity contribution in [2.45, 2.75) is 86.7 Å². The van der Waals surface area contributed by atoms with E-state index >= 15 is 0 Å². The molecular weight excluding hydrogens is 376 g/mol. The summed E-state index contributed by atoms with van der Waals surface area (Å²) in [6.45, 7) is 16.1. The Balaban J connectivity index is 0.00000106. The number of hydrogen-bond acceptors (Lipinski definition) is 3. The molecule has 1 aliphatic heterocycles. The van der Waals surface area contributed by atoms with Crippen LogP contribution in [0.15, 0.2) is 24.3 Å². The van der Waals surface area contributed by atoms with E-state index in [0.717, 1.165) is 36.0 Å². The SMILES string of the molecule is CC.CC.CCCCCc1cc2c(c(O)c1C(=O)O)-c1cc(C)ccc1C(C)(C)O2. The highest BCUT2D eigenvalue weighted by atomic mass is 16.5. The number of carbonyl (C=O) groups is 1. The molecule has 2 N–H and O–H groups in total. The predicted molar refractivity (Wildman–Crippen MR) is 125 cm³/mol. The van der Waals surface area contributed by atoms with Crippen LogP contribution in [0.5, 0.6) is 11.5 Å². The molecule has 0 bridgehead atoms. The Labute approximate surface area is 181 Å². The zero-order chi connectivity index (χ0) is 23.1. The highest BCUT2D eigenvalue weighted by Crippen LogP contribution is 2.51. The number of ether oxygens (including phenoxy) is 1. The van der Waals surface area contributed by atoms with Gasteiger partial charge in [0.25, 0.3) is 0 Å². The largest absolute Gasteiger partial charge is 0.506 e. The van der Waals surface area contributed by atoms with Gasteiger partial charge in [-0.2, -0.15) is 0 Å². The summed E-state index contributed by atoms with van der Waals surface area (Å²) in [5.74, 6) is -0.734. The molecule has 0 aromatic heterocycles. The van der Waals surface area contributed by atoms with E-state index in [4.69, 9.17) is 4.74 Å². The second-order valence-electron chi connectivity index (χ2n) is 7.56. The summed E-state index contributed by atoms with van der Waals surface area (Å²) in [6, 6.07) is 7.79. The molecule has 2 aromatic rings. The highest BCUT2D eigenvalue weighted by Gasteiger charge is 2.36. The Hall–Kier alpha value is -2.49. The van der Waals surface area contributed by atoms with E-state index in [1.165, 1.54) is 0 Å². The molecule has 0 aliphatic carbocycles. The first kappa shape index (κ1) is 25.5. The smallest absolute Gasteiger partial charge is 0.339 e. The summed E-state index contributed by atoms with van der Waals surface area (Å²) in [6.07, 6.45) is 3.57. The number of aromatic carboxylic acids is 1. The number of fused-ring (bicyclic) bond motifs is 3. The summed E-state index contributed by atoms with van der Waals surface area (Å²) < 4.78 is 6.20. The normalized spacial score (nSPS) is 12.8. The molecule has 0 saturated carbocycles. The Bertz CT molecular complexity index is 866. The Morgan fingerprint density at radius 3 is 2.27 bits per heavy atom. The lowest BCUT2D eigenvalue weighted by molar-refractivity contribution is 0.0692. The Kier molecular flexibility index (Phi) is 9.41. The lowest BCUT2D eigenvalue weighted by Crippen LogP contribution is -2.29. The maximum Gasteiger partial charge on any atom is 0.339 e. The molecule has 30 heavy (non-hydrogen) atoms. The third-order valence-electron chi connectivity index (χ3n) is 5.07. The molecule has 1 heterocycles. The zero-order valence-corrected chi connectivity index (χ0v) is 19.8. The minimum Gasteiger partial charge on any atom is -0.506 e. The van der Waals surface area contributed by atoms with Crippen molar-refractivity contribution in [2.75, 3.05) is 0 Å². The number of phenols is 1. The molecule has 166 valence electrons. The van der Waals surface area contributed by atoms with Crippen molar-refractivity contribution in [3.63, 3.8) is 0 Å². The van der Waals surface area contributed by atoms with Gasteiger partial charge in [0.1, 0.15) is 22.7 Å². The van der Waals surface area contributed by atoms with Gasteiger partial charge in [-0.15, -0.1) is 0 Å². The minimum atomic E-state index is -1.10. The van der Waals surface area contributed by atoms with Crippen molar-refractivity contribution in [1.29, 1.82) is 0 Å². The van der Waals surface area contributed by atoms with Gasteiger partial charge in [0, 0.05) is 5.56 Å². The van der Waals surface area contributed by atoms with Gasteiger partial charge in [0.05, 0.1) is 5.56 Å². The molecular formula is C26H38O4. The molecule has 0 fully saturated rings. The summed E-state index contributed by atoms with van der Waals surface area (Å²) in [5.41, 5.74) is 3.41. The van der Waals surface area contributed by atoms with E-state index in [2.05, 4.69) is 6.92 Å². The molecule has 4 nitrogen and oxygen atoms in total. The number of aromatic hydroxyl groups is 1. The maximum absolute atomic E-state index is 11.9. The van der Waals surface area contributed by atoms with Crippen molar-refractivity contribution in [2.24, 2.45) is 0 Å². The van der Waals surface area contributed by atoms with E-state index in [1.54, 1.807) is 6.07 Å². The van der Waals surface area contributed by atoms with Crippen molar-refractivity contribution in [3.05, 3.63) is 46.5 Å². The number of carboxylic acids is 1. The predicted octanol–water partition coefficient (Wildman–Crippen LogP) is 7.48. The van der Waals surface area contributed by atoms with Crippen LogP contribution in [0, 0.1) is 6.92 Å². The fraction of sp³-hybridized carbons (Fsp3) is 0.500. The van der Waals surface area contributed by atoms with Gasteiger partial charge >= 0.3 is 5.97 Å². The molecule has 3 rings (SSSR count). The second-order valence-corrected chi connectivity index (χ2v) is 7.56. The first-order chi connectivity index (χ1) is 14.3. The van der Waals surface area contributed by atoms with Gasteiger partial charge in [0.15, 0.2) is 0 Å². The fourth-order valence-corrected chi connectivity index (χ4v) is 3.76. The van der Waals surface area contributed by atoms with E-state index in [9.17, 15) is 15.0 Å². The third kappa shape index (κ3) is 5.16. The van der Waals surface area contributed by atoms with Crippen LogP contribution < -0.4 is 4.74 Å². The van der Waals surface area contributed by atoms with Gasteiger partial charge < -0.3 is 14.9 Å². The number of carboxylic acid groups (broad SMARTS) is 1.